The van der Waals surface area contributed by atoms with Crippen LogP contribution in [0.15, 0.2) is 35.7 Å². The molecule has 0 amide bonds. The molecule has 1 aromatic carbocycles. The second-order valence-electron chi connectivity index (χ2n) is 4.55. The Balaban J connectivity index is 2.23. The summed E-state index contributed by atoms with van der Waals surface area (Å²) in [7, 11) is 0. The predicted molar refractivity (Wildman–Crippen MR) is 82.1 cm³/mol. The maximum atomic E-state index is 9.72. The highest BCUT2D eigenvalue weighted by atomic mass is 35.5. The van der Waals surface area contributed by atoms with E-state index in [0.717, 1.165) is 5.56 Å². The van der Waals surface area contributed by atoms with Crippen molar-refractivity contribution in [3.05, 3.63) is 56.2 Å². The Morgan fingerprint density at radius 1 is 1.32 bits per heavy atom. The highest BCUT2D eigenvalue weighted by Crippen LogP contribution is 2.30. The molecule has 1 atom stereocenters. The van der Waals surface area contributed by atoms with Gasteiger partial charge < -0.3 is 10.4 Å². The van der Waals surface area contributed by atoms with Gasteiger partial charge >= 0.3 is 0 Å². The molecule has 5 heteroatoms. The Bertz CT molecular complexity index is 544. The fourth-order valence-corrected chi connectivity index (χ4v) is 2.99. The third kappa shape index (κ3) is 3.50. The van der Waals surface area contributed by atoms with Crippen LogP contribution in [0.1, 0.15) is 17.4 Å². The Morgan fingerprint density at radius 3 is 2.74 bits per heavy atom. The molecule has 0 aliphatic heterocycles. The second kappa shape index (κ2) is 6.25. The number of aliphatic hydroxyl groups excluding tert-OH is 1. The SMILES string of the molecule is CC(CO)(NCc1cccs1)c1cc(Cl)ccc1Cl. The molecule has 1 unspecified atom stereocenters. The van der Waals surface area contributed by atoms with Gasteiger partial charge in [-0.2, -0.15) is 0 Å². The van der Waals surface area contributed by atoms with Gasteiger partial charge in [-0.05, 0) is 42.1 Å². The quantitative estimate of drug-likeness (QED) is 0.872. The van der Waals surface area contributed by atoms with Gasteiger partial charge in [0.25, 0.3) is 0 Å². The first-order valence-corrected chi connectivity index (χ1v) is 7.52. The van der Waals surface area contributed by atoms with Crippen LogP contribution < -0.4 is 5.32 Å². The smallest absolute Gasteiger partial charge is 0.0658 e. The molecule has 102 valence electrons. The van der Waals surface area contributed by atoms with Gasteiger partial charge in [-0.1, -0.05) is 29.3 Å². The zero-order chi connectivity index (χ0) is 13.9. The van der Waals surface area contributed by atoms with Crippen LogP contribution in [-0.2, 0) is 12.1 Å². The lowest BCUT2D eigenvalue weighted by Gasteiger charge is -2.30. The van der Waals surface area contributed by atoms with Crippen molar-refractivity contribution < 1.29 is 5.11 Å². The van der Waals surface area contributed by atoms with Crippen molar-refractivity contribution in [1.29, 1.82) is 0 Å². The molecule has 2 rings (SSSR count). The molecule has 0 saturated carbocycles. The van der Waals surface area contributed by atoms with E-state index in [-0.39, 0.29) is 6.61 Å². The average Bonchev–Trinajstić information content (AvgIpc) is 2.92. The molecule has 0 saturated heterocycles. The number of thiophene rings is 1. The van der Waals surface area contributed by atoms with Crippen molar-refractivity contribution in [2.75, 3.05) is 6.61 Å². The van der Waals surface area contributed by atoms with Gasteiger partial charge in [-0.3, -0.25) is 0 Å². The number of benzene rings is 1. The summed E-state index contributed by atoms with van der Waals surface area (Å²) in [6, 6.07) is 9.34. The topological polar surface area (TPSA) is 32.3 Å². The average molecular weight is 316 g/mol. The van der Waals surface area contributed by atoms with Crippen molar-refractivity contribution in [2.24, 2.45) is 0 Å². The monoisotopic (exact) mass is 315 g/mol. The largest absolute Gasteiger partial charge is 0.394 e. The van der Waals surface area contributed by atoms with Crippen molar-refractivity contribution >= 4 is 34.5 Å². The summed E-state index contributed by atoms with van der Waals surface area (Å²) in [6.07, 6.45) is 0. The van der Waals surface area contributed by atoms with E-state index in [2.05, 4.69) is 11.4 Å². The standard InChI is InChI=1S/C14H15Cl2NOS/c1-14(9-18,17-8-11-3-2-6-19-11)12-7-10(15)4-5-13(12)16/h2-7,17-18H,8-9H2,1H3. The number of nitrogens with one attached hydrogen (secondary N) is 1. The second-order valence-corrected chi connectivity index (χ2v) is 6.42. The minimum absolute atomic E-state index is 0.0571. The zero-order valence-corrected chi connectivity index (χ0v) is 12.8. The van der Waals surface area contributed by atoms with Crippen LogP contribution in [0.2, 0.25) is 10.0 Å². The van der Waals surface area contributed by atoms with Crippen molar-refractivity contribution in [2.45, 2.75) is 19.0 Å². The molecule has 0 spiro atoms. The third-order valence-corrected chi connectivity index (χ3v) is 4.51. The van der Waals surface area contributed by atoms with Crippen LogP contribution in [-0.4, -0.2) is 11.7 Å². The fourth-order valence-electron chi connectivity index (χ4n) is 1.85. The lowest BCUT2D eigenvalue weighted by Crippen LogP contribution is -2.42. The lowest BCUT2D eigenvalue weighted by molar-refractivity contribution is 0.174. The number of aliphatic hydroxyl groups is 1. The zero-order valence-electron chi connectivity index (χ0n) is 10.5. The molecule has 0 radical (unpaired) electrons. The van der Waals surface area contributed by atoms with Crippen LogP contribution in [0.5, 0.6) is 0 Å². The van der Waals surface area contributed by atoms with E-state index in [1.54, 1.807) is 29.5 Å². The lowest BCUT2D eigenvalue weighted by atomic mass is 9.92. The molecule has 1 aromatic heterocycles. The van der Waals surface area contributed by atoms with E-state index in [1.807, 2.05) is 18.4 Å². The van der Waals surface area contributed by atoms with Gasteiger partial charge in [-0.25, -0.2) is 0 Å². The van der Waals surface area contributed by atoms with E-state index in [0.29, 0.717) is 16.6 Å². The Labute approximate surface area is 127 Å². The molecular weight excluding hydrogens is 301 g/mol. The van der Waals surface area contributed by atoms with Crippen LogP contribution in [0, 0.1) is 0 Å². The first kappa shape index (κ1) is 14.8. The maximum absolute atomic E-state index is 9.72. The summed E-state index contributed by atoms with van der Waals surface area (Å²) in [5, 5.41) is 16.3. The summed E-state index contributed by atoms with van der Waals surface area (Å²) in [6.45, 7) is 2.54. The van der Waals surface area contributed by atoms with E-state index in [4.69, 9.17) is 23.2 Å². The summed E-state index contributed by atoms with van der Waals surface area (Å²) in [5.74, 6) is 0. The fraction of sp³-hybridized carbons (Fsp3) is 0.286. The van der Waals surface area contributed by atoms with Gasteiger partial charge in [-0.15, -0.1) is 11.3 Å². The molecule has 2 aromatic rings. The maximum Gasteiger partial charge on any atom is 0.0658 e. The number of hydrogen-bond acceptors (Lipinski definition) is 3. The summed E-state index contributed by atoms with van der Waals surface area (Å²) in [5.41, 5.74) is 0.187. The highest BCUT2D eigenvalue weighted by molar-refractivity contribution is 7.09. The van der Waals surface area contributed by atoms with Gasteiger partial charge in [0.15, 0.2) is 0 Å². The predicted octanol–water partition coefficient (Wildman–Crippen LogP) is 4.05. The minimum Gasteiger partial charge on any atom is -0.394 e. The first-order chi connectivity index (χ1) is 9.05. The summed E-state index contributed by atoms with van der Waals surface area (Å²) < 4.78 is 0. The van der Waals surface area contributed by atoms with E-state index in [9.17, 15) is 5.11 Å². The number of rotatable bonds is 5. The van der Waals surface area contributed by atoms with Crippen LogP contribution in [0.3, 0.4) is 0 Å². The Kier molecular flexibility index (Phi) is 4.87. The van der Waals surface area contributed by atoms with Crippen molar-refractivity contribution in [1.82, 2.24) is 5.32 Å². The third-order valence-electron chi connectivity index (χ3n) is 3.07. The van der Waals surface area contributed by atoms with Crippen molar-refractivity contribution in [3.63, 3.8) is 0 Å². The molecule has 19 heavy (non-hydrogen) atoms. The molecule has 2 nitrogen and oxygen atoms in total. The van der Waals surface area contributed by atoms with Gasteiger partial charge in [0.2, 0.25) is 0 Å². The van der Waals surface area contributed by atoms with Crippen LogP contribution >= 0.6 is 34.5 Å². The molecule has 0 fully saturated rings. The Hall–Kier alpha value is -0.580. The minimum atomic E-state index is -0.619. The first-order valence-electron chi connectivity index (χ1n) is 5.89. The molecule has 0 bridgehead atoms. The number of halogens is 2. The van der Waals surface area contributed by atoms with E-state index < -0.39 is 5.54 Å². The molecule has 1 heterocycles. The normalized spacial score (nSPS) is 14.3. The molecule has 0 aliphatic carbocycles. The van der Waals surface area contributed by atoms with Gasteiger partial charge in [0.1, 0.15) is 0 Å². The van der Waals surface area contributed by atoms with E-state index in [1.165, 1.54) is 4.88 Å². The van der Waals surface area contributed by atoms with Crippen LogP contribution in [0.4, 0.5) is 0 Å². The van der Waals surface area contributed by atoms with Crippen molar-refractivity contribution in [3.8, 4) is 0 Å². The highest BCUT2D eigenvalue weighted by Gasteiger charge is 2.27. The van der Waals surface area contributed by atoms with Crippen LogP contribution in [0.25, 0.3) is 0 Å². The summed E-state index contributed by atoms with van der Waals surface area (Å²) >= 11 is 13.9. The molecular formula is C14H15Cl2NOS. The summed E-state index contributed by atoms with van der Waals surface area (Å²) in [4.78, 5) is 1.21. The molecule has 0 aliphatic rings. The Morgan fingerprint density at radius 2 is 2.11 bits per heavy atom. The number of hydrogen-bond donors (Lipinski definition) is 2. The van der Waals surface area contributed by atoms with E-state index >= 15 is 0 Å². The van der Waals surface area contributed by atoms with Gasteiger partial charge in [0.05, 0.1) is 12.1 Å². The van der Waals surface area contributed by atoms with Gasteiger partial charge in [0, 0.05) is 21.5 Å². The molecule has 2 N–H and O–H groups in total.